The van der Waals surface area contributed by atoms with Crippen molar-refractivity contribution in [3.05, 3.63) is 40.2 Å². The van der Waals surface area contributed by atoms with Gasteiger partial charge in [-0.25, -0.2) is 0 Å². The van der Waals surface area contributed by atoms with Crippen LogP contribution >= 0.6 is 0 Å². The zero-order valence-corrected chi connectivity index (χ0v) is 13.2. The van der Waals surface area contributed by atoms with E-state index in [4.69, 9.17) is 4.74 Å². The molecule has 0 atom stereocenters. The molecule has 1 aliphatic carbocycles. The number of aromatic amines is 1. The van der Waals surface area contributed by atoms with Gasteiger partial charge in [0.15, 0.2) is 0 Å². The first-order valence-corrected chi connectivity index (χ1v) is 8.28. The van der Waals surface area contributed by atoms with Crippen LogP contribution in [0.15, 0.2) is 29.1 Å². The molecular formula is C18H24N2O2. The Hall–Kier alpha value is -1.81. The Bertz CT molecular complexity index is 687. The fourth-order valence-corrected chi connectivity index (χ4v) is 3.17. The van der Waals surface area contributed by atoms with E-state index in [2.05, 4.69) is 10.3 Å². The molecule has 0 aliphatic heterocycles. The summed E-state index contributed by atoms with van der Waals surface area (Å²) in [6.07, 6.45) is 6.39. The molecule has 4 heteroatoms. The lowest BCUT2D eigenvalue weighted by molar-refractivity contribution is 0.340. The molecule has 0 radical (unpaired) electrons. The van der Waals surface area contributed by atoms with Gasteiger partial charge in [-0.1, -0.05) is 19.3 Å². The molecule has 2 aromatic rings. The fraction of sp³-hybridized carbons (Fsp3) is 0.500. The van der Waals surface area contributed by atoms with Crippen LogP contribution in [0.1, 0.15) is 44.6 Å². The molecule has 4 nitrogen and oxygen atoms in total. The molecular weight excluding hydrogens is 276 g/mol. The first-order valence-electron chi connectivity index (χ1n) is 8.28. The number of nitrogens with one attached hydrogen (secondary N) is 2. The normalized spacial score (nSPS) is 16.0. The molecule has 1 aliphatic rings. The molecule has 1 heterocycles. The Kier molecular flexibility index (Phi) is 4.78. The predicted molar refractivity (Wildman–Crippen MR) is 89.5 cm³/mol. The second-order valence-electron chi connectivity index (χ2n) is 6.02. The maximum absolute atomic E-state index is 12.2. The van der Waals surface area contributed by atoms with Crippen molar-refractivity contribution in [2.24, 2.45) is 0 Å². The van der Waals surface area contributed by atoms with Crippen LogP contribution in [0.3, 0.4) is 0 Å². The number of rotatable bonds is 5. The van der Waals surface area contributed by atoms with Crippen LogP contribution in [0.5, 0.6) is 5.75 Å². The van der Waals surface area contributed by atoms with Gasteiger partial charge in [0.25, 0.3) is 5.56 Å². The number of fused-ring (bicyclic) bond motifs is 1. The summed E-state index contributed by atoms with van der Waals surface area (Å²) < 4.78 is 5.48. The van der Waals surface area contributed by atoms with Gasteiger partial charge >= 0.3 is 0 Å². The molecule has 1 aromatic heterocycles. The average Bonchev–Trinajstić information content (AvgIpc) is 2.54. The highest BCUT2D eigenvalue weighted by Crippen LogP contribution is 2.20. The van der Waals surface area contributed by atoms with Gasteiger partial charge in [-0.15, -0.1) is 0 Å². The van der Waals surface area contributed by atoms with Crippen molar-refractivity contribution < 1.29 is 4.74 Å². The van der Waals surface area contributed by atoms with Crippen LogP contribution in [-0.4, -0.2) is 17.6 Å². The topological polar surface area (TPSA) is 54.1 Å². The number of hydrogen-bond donors (Lipinski definition) is 2. The number of aromatic nitrogens is 1. The summed E-state index contributed by atoms with van der Waals surface area (Å²) in [7, 11) is 0. The Balaban J connectivity index is 1.76. The van der Waals surface area contributed by atoms with Crippen molar-refractivity contribution in [2.75, 3.05) is 6.61 Å². The maximum Gasteiger partial charge on any atom is 0.252 e. The predicted octanol–water partition coefficient (Wildman–Crippen LogP) is 3.35. The Morgan fingerprint density at radius 2 is 2.05 bits per heavy atom. The second kappa shape index (κ2) is 6.97. The largest absolute Gasteiger partial charge is 0.494 e. The standard InChI is InChI=1S/C18H24N2O2/c1-2-22-16-9-8-13-10-14(18(21)20-17(13)11-16)12-19-15-6-4-3-5-7-15/h8-11,15,19H,2-7,12H2,1H3,(H,20,21). The molecule has 1 fully saturated rings. The minimum Gasteiger partial charge on any atom is -0.494 e. The van der Waals surface area contributed by atoms with E-state index in [1.54, 1.807) is 0 Å². The van der Waals surface area contributed by atoms with E-state index < -0.39 is 0 Å². The van der Waals surface area contributed by atoms with Crippen molar-refractivity contribution in [1.82, 2.24) is 10.3 Å². The van der Waals surface area contributed by atoms with Crippen LogP contribution in [0.2, 0.25) is 0 Å². The van der Waals surface area contributed by atoms with Crippen molar-refractivity contribution in [3.63, 3.8) is 0 Å². The Morgan fingerprint density at radius 1 is 1.23 bits per heavy atom. The third-order valence-corrected chi connectivity index (χ3v) is 4.39. The highest BCUT2D eigenvalue weighted by Gasteiger charge is 2.13. The molecule has 118 valence electrons. The monoisotopic (exact) mass is 300 g/mol. The molecule has 0 saturated heterocycles. The van der Waals surface area contributed by atoms with Crippen molar-refractivity contribution in [1.29, 1.82) is 0 Å². The number of benzene rings is 1. The second-order valence-corrected chi connectivity index (χ2v) is 6.02. The van der Waals surface area contributed by atoms with Gasteiger partial charge in [0, 0.05) is 24.2 Å². The van der Waals surface area contributed by atoms with Crippen LogP contribution in [0.4, 0.5) is 0 Å². The SMILES string of the molecule is CCOc1ccc2cc(CNC3CCCCC3)c(=O)[nH]c2c1. The van der Waals surface area contributed by atoms with Crippen molar-refractivity contribution in [2.45, 2.75) is 51.6 Å². The van der Waals surface area contributed by atoms with Gasteiger partial charge in [-0.05, 0) is 43.4 Å². The van der Waals surface area contributed by atoms with Gasteiger partial charge in [-0.2, -0.15) is 0 Å². The van der Waals surface area contributed by atoms with E-state index >= 15 is 0 Å². The molecule has 22 heavy (non-hydrogen) atoms. The van der Waals surface area contributed by atoms with E-state index in [1.807, 2.05) is 31.2 Å². The van der Waals surface area contributed by atoms with Crippen molar-refractivity contribution in [3.8, 4) is 5.75 Å². The zero-order valence-electron chi connectivity index (χ0n) is 13.2. The smallest absolute Gasteiger partial charge is 0.252 e. The number of ether oxygens (including phenoxy) is 1. The van der Waals surface area contributed by atoms with Gasteiger partial charge in [0.2, 0.25) is 0 Å². The third-order valence-electron chi connectivity index (χ3n) is 4.39. The van der Waals surface area contributed by atoms with Gasteiger partial charge in [0.1, 0.15) is 5.75 Å². The highest BCUT2D eigenvalue weighted by atomic mass is 16.5. The third kappa shape index (κ3) is 3.50. The summed E-state index contributed by atoms with van der Waals surface area (Å²) in [4.78, 5) is 15.2. The number of H-pyrrole nitrogens is 1. The average molecular weight is 300 g/mol. The van der Waals surface area contributed by atoms with Crippen LogP contribution in [-0.2, 0) is 6.54 Å². The van der Waals surface area contributed by atoms with Crippen LogP contribution in [0.25, 0.3) is 10.9 Å². The minimum atomic E-state index is -0.00976. The fourth-order valence-electron chi connectivity index (χ4n) is 3.17. The maximum atomic E-state index is 12.2. The lowest BCUT2D eigenvalue weighted by Gasteiger charge is -2.22. The lowest BCUT2D eigenvalue weighted by Crippen LogP contribution is -2.32. The molecule has 2 N–H and O–H groups in total. The van der Waals surface area contributed by atoms with E-state index in [9.17, 15) is 4.79 Å². The van der Waals surface area contributed by atoms with E-state index in [1.165, 1.54) is 32.1 Å². The number of hydrogen-bond acceptors (Lipinski definition) is 3. The first kappa shape index (κ1) is 15.1. The lowest BCUT2D eigenvalue weighted by atomic mass is 9.95. The summed E-state index contributed by atoms with van der Waals surface area (Å²) in [5.41, 5.74) is 1.63. The Labute approximate surface area is 130 Å². The van der Waals surface area contributed by atoms with Crippen LogP contribution < -0.4 is 15.6 Å². The quantitative estimate of drug-likeness (QED) is 0.890. The van der Waals surface area contributed by atoms with Crippen LogP contribution in [0, 0.1) is 0 Å². The van der Waals surface area contributed by atoms with E-state index in [-0.39, 0.29) is 5.56 Å². The summed E-state index contributed by atoms with van der Waals surface area (Å²) in [5.74, 6) is 0.790. The summed E-state index contributed by atoms with van der Waals surface area (Å²) in [5, 5.41) is 4.58. The molecule has 0 spiro atoms. The van der Waals surface area contributed by atoms with Crippen molar-refractivity contribution >= 4 is 10.9 Å². The summed E-state index contributed by atoms with van der Waals surface area (Å²) in [6.45, 7) is 3.22. The summed E-state index contributed by atoms with van der Waals surface area (Å²) >= 11 is 0. The zero-order chi connectivity index (χ0) is 15.4. The first-order chi connectivity index (χ1) is 10.8. The van der Waals surface area contributed by atoms with E-state index in [0.717, 1.165) is 22.2 Å². The van der Waals surface area contributed by atoms with E-state index in [0.29, 0.717) is 19.2 Å². The van der Waals surface area contributed by atoms with Gasteiger partial charge < -0.3 is 15.0 Å². The molecule has 0 amide bonds. The molecule has 3 rings (SSSR count). The Morgan fingerprint density at radius 3 is 2.82 bits per heavy atom. The number of pyridine rings is 1. The molecule has 0 bridgehead atoms. The van der Waals surface area contributed by atoms with Gasteiger partial charge in [-0.3, -0.25) is 4.79 Å². The summed E-state index contributed by atoms with van der Waals surface area (Å²) in [6, 6.07) is 8.38. The minimum absolute atomic E-state index is 0.00976. The molecule has 0 unspecified atom stereocenters. The molecule has 1 saturated carbocycles. The van der Waals surface area contributed by atoms with Gasteiger partial charge in [0.05, 0.1) is 12.1 Å². The molecule has 1 aromatic carbocycles. The highest BCUT2D eigenvalue weighted by molar-refractivity contribution is 5.80.